The van der Waals surface area contributed by atoms with Crippen molar-refractivity contribution in [1.82, 2.24) is 20.1 Å². The maximum atomic E-state index is 4.44. The Morgan fingerprint density at radius 3 is 3.00 bits per heavy atom. The molecule has 0 aromatic carbocycles. The van der Waals surface area contributed by atoms with Gasteiger partial charge in [-0.25, -0.2) is 4.98 Å². The standard InChI is InChI=1S/C15H20N4S2/c1-3-6-19-15(17-10-18-19)8-11(16-4-2)13-9-14-12(21-13)5-7-20-14/h5,7,9-11,16H,3-4,6,8H2,1-2H3. The van der Waals surface area contributed by atoms with Crippen molar-refractivity contribution in [3.05, 3.63) is 34.5 Å². The van der Waals surface area contributed by atoms with Crippen molar-refractivity contribution in [2.24, 2.45) is 0 Å². The van der Waals surface area contributed by atoms with Gasteiger partial charge in [-0.1, -0.05) is 13.8 Å². The van der Waals surface area contributed by atoms with E-state index in [9.17, 15) is 0 Å². The summed E-state index contributed by atoms with van der Waals surface area (Å²) >= 11 is 3.70. The van der Waals surface area contributed by atoms with E-state index in [2.05, 4.69) is 46.8 Å². The third-order valence-corrected chi connectivity index (χ3v) is 5.68. The average Bonchev–Trinajstić information content (AvgIpc) is 3.14. The van der Waals surface area contributed by atoms with Crippen LogP contribution in [0.5, 0.6) is 0 Å². The lowest BCUT2D eigenvalue weighted by Gasteiger charge is -2.16. The van der Waals surface area contributed by atoms with E-state index in [1.807, 2.05) is 27.4 Å². The molecule has 1 unspecified atom stereocenters. The highest BCUT2D eigenvalue weighted by Crippen LogP contribution is 2.34. The van der Waals surface area contributed by atoms with E-state index in [1.54, 1.807) is 6.33 Å². The van der Waals surface area contributed by atoms with E-state index in [0.717, 1.165) is 31.8 Å². The number of nitrogens with one attached hydrogen (secondary N) is 1. The monoisotopic (exact) mass is 320 g/mol. The lowest BCUT2D eigenvalue weighted by Crippen LogP contribution is -2.23. The Morgan fingerprint density at radius 2 is 2.24 bits per heavy atom. The summed E-state index contributed by atoms with van der Waals surface area (Å²) in [6.45, 7) is 6.21. The molecule has 112 valence electrons. The van der Waals surface area contributed by atoms with Gasteiger partial charge >= 0.3 is 0 Å². The van der Waals surface area contributed by atoms with Gasteiger partial charge in [0.1, 0.15) is 12.2 Å². The Hall–Kier alpha value is -1.24. The van der Waals surface area contributed by atoms with Crippen LogP contribution in [0.15, 0.2) is 23.8 Å². The number of hydrogen-bond acceptors (Lipinski definition) is 5. The summed E-state index contributed by atoms with van der Waals surface area (Å²) in [5.74, 6) is 1.07. The first-order valence-electron chi connectivity index (χ1n) is 7.38. The van der Waals surface area contributed by atoms with Gasteiger partial charge in [0.15, 0.2) is 0 Å². The van der Waals surface area contributed by atoms with Gasteiger partial charge in [0.2, 0.25) is 0 Å². The van der Waals surface area contributed by atoms with Crippen LogP contribution in [-0.2, 0) is 13.0 Å². The summed E-state index contributed by atoms with van der Waals surface area (Å²) in [5, 5.41) is 10.1. The summed E-state index contributed by atoms with van der Waals surface area (Å²) in [7, 11) is 0. The fourth-order valence-corrected chi connectivity index (χ4v) is 4.70. The Balaban J connectivity index is 1.83. The minimum Gasteiger partial charge on any atom is -0.309 e. The molecule has 21 heavy (non-hydrogen) atoms. The van der Waals surface area contributed by atoms with Crippen molar-refractivity contribution in [3.8, 4) is 0 Å². The largest absolute Gasteiger partial charge is 0.309 e. The molecule has 0 spiro atoms. The zero-order valence-electron chi connectivity index (χ0n) is 12.4. The molecule has 0 fully saturated rings. The molecule has 0 aliphatic rings. The molecule has 0 radical (unpaired) electrons. The quantitative estimate of drug-likeness (QED) is 0.719. The van der Waals surface area contributed by atoms with E-state index in [4.69, 9.17) is 0 Å². The minimum atomic E-state index is 0.319. The number of thiophene rings is 2. The summed E-state index contributed by atoms with van der Waals surface area (Å²) in [5.41, 5.74) is 0. The van der Waals surface area contributed by atoms with Crippen LogP contribution < -0.4 is 5.32 Å². The molecule has 0 amide bonds. The van der Waals surface area contributed by atoms with Crippen molar-refractivity contribution in [2.75, 3.05) is 6.54 Å². The summed E-state index contributed by atoms with van der Waals surface area (Å²) in [6.07, 6.45) is 3.64. The maximum Gasteiger partial charge on any atom is 0.138 e. The lowest BCUT2D eigenvalue weighted by molar-refractivity contribution is 0.503. The zero-order valence-corrected chi connectivity index (χ0v) is 14.0. The second-order valence-corrected chi connectivity index (χ2v) is 7.07. The molecule has 0 bridgehead atoms. The number of fused-ring (bicyclic) bond motifs is 1. The number of nitrogens with zero attached hydrogens (tertiary/aromatic N) is 3. The Labute approximate surface area is 132 Å². The van der Waals surface area contributed by atoms with Crippen molar-refractivity contribution in [3.63, 3.8) is 0 Å². The predicted molar refractivity (Wildman–Crippen MR) is 90.1 cm³/mol. The fraction of sp³-hybridized carbons (Fsp3) is 0.467. The normalized spacial score (nSPS) is 13.0. The number of aryl methyl sites for hydroxylation is 1. The van der Waals surface area contributed by atoms with Crippen LogP contribution in [0, 0.1) is 0 Å². The van der Waals surface area contributed by atoms with Crippen LogP contribution in [0.2, 0.25) is 0 Å². The Kier molecular flexibility index (Phi) is 4.67. The number of likely N-dealkylation sites (N-methyl/N-ethyl adjacent to an activating group) is 1. The van der Waals surface area contributed by atoms with Gasteiger partial charge in [0.05, 0.1) is 0 Å². The van der Waals surface area contributed by atoms with Crippen LogP contribution in [0.3, 0.4) is 0 Å². The zero-order chi connectivity index (χ0) is 14.7. The molecule has 0 saturated heterocycles. The summed E-state index contributed by atoms with van der Waals surface area (Å²) in [6, 6.07) is 4.84. The van der Waals surface area contributed by atoms with E-state index >= 15 is 0 Å². The van der Waals surface area contributed by atoms with Crippen molar-refractivity contribution in [2.45, 2.75) is 39.3 Å². The number of aromatic nitrogens is 3. The second-order valence-electron chi connectivity index (χ2n) is 5.01. The average molecular weight is 320 g/mol. The molecule has 4 nitrogen and oxygen atoms in total. The molecular formula is C15H20N4S2. The molecule has 0 aliphatic heterocycles. The van der Waals surface area contributed by atoms with Crippen LogP contribution in [-0.4, -0.2) is 21.3 Å². The Bertz CT molecular complexity index is 669. The molecule has 6 heteroatoms. The van der Waals surface area contributed by atoms with Gasteiger partial charge in [-0.2, -0.15) is 5.10 Å². The molecule has 0 saturated carbocycles. The fourth-order valence-electron chi connectivity index (χ4n) is 2.50. The van der Waals surface area contributed by atoms with Crippen LogP contribution in [0.25, 0.3) is 9.40 Å². The van der Waals surface area contributed by atoms with E-state index in [1.165, 1.54) is 14.3 Å². The minimum absolute atomic E-state index is 0.319. The first-order valence-corrected chi connectivity index (χ1v) is 9.08. The molecule has 3 heterocycles. The molecule has 3 aromatic rings. The number of hydrogen-bond donors (Lipinski definition) is 1. The van der Waals surface area contributed by atoms with E-state index in [-0.39, 0.29) is 0 Å². The van der Waals surface area contributed by atoms with Gasteiger partial charge < -0.3 is 5.32 Å². The van der Waals surface area contributed by atoms with Gasteiger partial charge in [0, 0.05) is 33.3 Å². The highest BCUT2D eigenvalue weighted by atomic mass is 32.1. The van der Waals surface area contributed by atoms with E-state index in [0.29, 0.717) is 6.04 Å². The van der Waals surface area contributed by atoms with Crippen molar-refractivity contribution >= 4 is 32.1 Å². The number of rotatable bonds is 7. The van der Waals surface area contributed by atoms with Gasteiger partial charge in [0.25, 0.3) is 0 Å². The molecule has 3 rings (SSSR count). The van der Waals surface area contributed by atoms with Crippen LogP contribution in [0.4, 0.5) is 0 Å². The van der Waals surface area contributed by atoms with Crippen molar-refractivity contribution in [1.29, 1.82) is 0 Å². The smallest absolute Gasteiger partial charge is 0.138 e. The third kappa shape index (κ3) is 3.17. The molecule has 3 aromatic heterocycles. The summed E-state index contributed by atoms with van der Waals surface area (Å²) in [4.78, 5) is 5.84. The van der Waals surface area contributed by atoms with Crippen LogP contribution in [0.1, 0.15) is 37.0 Å². The van der Waals surface area contributed by atoms with E-state index < -0.39 is 0 Å². The first-order chi connectivity index (χ1) is 10.3. The van der Waals surface area contributed by atoms with Crippen molar-refractivity contribution < 1.29 is 0 Å². The molecular weight excluding hydrogens is 300 g/mol. The Morgan fingerprint density at radius 1 is 1.33 bits per heavy atom. The first kappa shape index (κ1) is 14.7. The third-order valence-electron chi connectivity index (χ3n) is 3.47. The predicted octanol–water partition coefficient (Wildman–Crippen LogP) is 3.86. The van der Waals surface area contributed by atoms with Gasteiger partial charge in [-0.05, 0) is 30.5 Å². The SMILES string of the molecule is CCCn1ncnc1CC(NCC)c1cc2sccc2s1. The maximum absolute atomic E-state index is 4.44. The molecule has 1 atom stereocenters. The van der Waals surface area contributed by atoms with Crippen LogP contribution >= 0.6 is 22.7 Å². The highest BCUT2D eigenvalue weighted by molar-refractivity contribution is 7.26. The summed E-state index contributed by atoms with van der Waals surface area (Å²) < 4.78 is 4.79. The van der Waals surface area contributed by atoms with Gasteiger partial charge in [-0.15, -0.1) is 22.7 Å². The van der Waals surface area contributed by atoms with Gasteiger partial charge in [-0.3, -0.25) is 4.68 Å². The second kappa shape index (κ2) is 6.68. The molecule has 0 aliphatic carbocycles. The molecule has 1 N–H and O–H groups in total. The highest BCUT2D eigenvalue weighted by Gasteiger charge is 2.17. The lowest BCUT2D eigenvalue weighted by atomic mass is 10.1. The topological polar surface area (TPSA) is 42.7 Å².